The number of H-pyrrole nitrogens is 1. The average molecular weight is 343 g/mol. The Hall–Kier alpha value is -2.01. The van der Waals surface area contributed by atoms with Crippen molar-refractivity contribution in [3.8, 4) is 5.75 Å². The van der Waals surface area contributed by atoms with E-state index < -0.39 is 0 Å². The number of methoxy groups -OCH3 is 1. The van der Waals surface area contributed by atoms with E-state index in [1.165, 1.54) is 31.2 Å². The van der Waals surface area contributed by atoms with Crippen molar-refractivity contribution in [3.63, 3.8) is 0 Å². The maximum atomic E-state index is 12.5. The Morgan fingerprint density at radius 1 is 1.28 bits per heavy atom. The summed E-state index contributed by atoms with van der Waals surface area (Å²) in [5.74, 6) is 0.992. The highest BCUT2D eigenvalue weighted by Crippen LogP contribution is 2.23. The van der Waals surface area contributed by atoms with Gasteiger partial charge in [0.05, 0.1) is 13.2 Å². The largest absolute Gasteiger partial charge is 0.497 e. The number of aromatic amines is 1. The molecule has 3 rings (SSSR count). The van der Waals surface area contributed by atoms with E-state index >= 15 is 0 Å². The standard InChI is InChI=1S/C20H29N3O2/c1-15(23-11-5-3-4-6-12-23)20(24)21-10-9-16-14-22-19-8-7-17(25-2)13-18(16)19/h7-8,13-15,22H,3-6,9-12H2,1-2H3,(H,21,24). The highest BCUT2D eigenvalue weighted by atomic mass is 16.5. The Morgan fingerprint density at radius 2 is 2.04 bits per heavy atom. The Balaban J connectivity index is 1.54. The molecule has 25 heavy (non-hydrogen) atoms. The first-order chi connectivity index (χ1) is 12.2. The van der Waals surface area contributed by atoms with Crippen LogP contribution in [-0.4, -0.2) is 48.6 Å². The van der Waals surface area contributed by atoms with Crippen LogP contribution in [0.1, 0.15) is 38.2 Å². The van der Waals surface area contributed by atoms with Gasteiger partial charge in [0.15, 0.2) is 0 Å². The van der Waals surface area contributed by atoms with Gasteiger partial charge in [-0.1, -0.05) is 12.8 Å². The number of carbonyl (C=O) groups excluding carboxylic acids is 1. The van der Waals surface area contributed by atoms with Crippen molar-refractivity contribution >= 4 is 16.8 Å². The van der Waals surface area contributed by atoms with Crippen LogP contribution in [0, 0.1) is 0 Å². The Morgan fingerprint density at radius 3 is 2.76 bits per heavy atom. The van der Waals surface area contributed by atoms with Gasteiger partial charge in [-0.3, -0.25) is 9.69 Å². The highest BCUT2D eigenvalue weighted by Gasteiger charge is 2.21. The van der Waals surface area contributed by atoms with Crippen LogP contribution >= 0.6 is 0 Å². The molecule has 1 atom stereocenters. The summed E-state index contributed by atoms with van der Waals surface area (Å²) in [4.78, 5) is 18.1. The minimum atomic E-state index is -0.0406. The van der Waals surface area contributed by atoms with E-state index in [2.05, 4.69) is 15.2 Å². The fourth-order valence-corrected chi connectivity index (χ4v) is 3.61. The van der Waals surface area contributed by atoms with Crippen LogP contribution < -0.4 is 10.1 Å². The first-order valence-electron chi connectivity index (χ1n) is 9.35. The third kappa shape index (κ3) is 4.34. The van der Waals surface area contributed by atoms with Crippen LogP contribution in [0.2, 0.25) is 0 Å². The summed E-state index contributed by atoms with van der Waals surface area (Å²) in [5.41, 5.74) is 2.30. The van der Waals surface area contributed by atoms with Crippen LogP contribution in [0.3, 0.4) is 0 Å². The zero-order valence-corrected chi connectivity index (χ0v) is 15.3. The summed E-state index contributed by atoms with van der Waals surface area (Å²) >= 11 is 0. The molecule has 5 heteroatoms. The van der Waals surface area contributed by atoms with E-state index in [1.54, 1.807) is 7.11 Å². The number of hydrogen-bond acceptors (Lipinski definition) is 3. The SMILES string of the molecule is COc1ccc2[nH]cc(CCNC(=O)C(C)N3CCCCCC3)c2c1. The summed E-state index contributed by atoms with van der Waals surface area (Å²) in [5, 5.41) is 4.27. The molecule has 0 bridgehead atoms. The number of carbonyl (C=O) groups is 1. The zero-order chi connectivity index (χ0) is 17.6. The molecule has 1 aromatic heterocycles. The van der Waals surface area contributed by atoms with E-state index in [9.17, 15) is 4.79 Å². The number of amides is 1. The second-order valence-corrected chi connectivity index (χ2v) is 6.89. The van der Waals surface area contributed by atoms with Gasteiger partial charge in [-0.25, -0.2) is 0 Å². The van der Waals surface area contributed by atoms with Crippen LogP contribution in [0.15, 0.2) is 24.4 Å². The van der Waals surface area contributed by atoms with Gasteiger partial charge in [0.2, 0.25) is 5.91 Å². The van der Waals surface area contributed by atoms with Crippen LogP contribution in [0.5, 0.6) is 5.75 Å². The molecule has 0 radical (unpaired) electrons. The molecule has 1 unspecified atom stereocenters. The lowest BCUT2D eigenvalue weighted by Gasteiger charge is -2.26. The van der Waals surface area contributed by atoms with Crippen molar-refractivity contribution in [1.82, 2.24) is 15.2 Å². The zero-order valence-electron chi connectivity index (χ0n) is 15.3. The van der Waals surface area contributed by atoms with Crippen LogP contribution in [-0.2, 0) is 11.2 Å². The number of aromatic nitrogens is 1. The monoisotopic (exact) mass is 343 g/mol. The number of ether oxygens (including phenoxy) is 1. The normalized spacial score (nSPS) is 17.2. The number of fused-ring (bicyclic) bond motifs is 1. The molecule has 0 spiro atoms. The molecular weight excluding hydrogens is 314 g/mol. The molecule has 136 valence electrons. The average Bonchev–Trinajstić information content (AvgIpc) is 2.84. The van der Waals surface area contributed by atoms with Crippen LogP contribution in [0.25, 0.3) is 10.9 Å². The van der Waals surface area contributed by atoms with E-state index in [4.69, 9.17) is 4.74 Å². The lowest BCUT2D eigenvalue weighted by Crippen LogP contribution is -2.46. The molecule has 1 saturated heterocycles. The second-order valence-electron chi connectivity index (χ2n) is 6.89. The number of benzene rings is 1. The Bertz CT molecular complexity index is 702. The fraction of sp³-hybridized carbons (Fsp3) is 0.550. The predicted octanol–water partition coefficient (Wildman–Crippen LogP) is 3.10. The van der Waals surface area contributed by atoms with E-state index in [-0.39, 0.29) is 11.9 Å². The maximum absolute atomic E-state index is 12.5. The van der Waals surface area contributed by atoms with Gasteiger partial charge in [0.1, 0.15) is 5.75 Å². The highest BCUT2D eigenvalue weighted by molar-refractivity contribution is 5.85. The van der Waals surface area contributed by atoms with Crippen molar-refractivity contribution in [2.24, 2.45) is 0 Å². The number of rotatable bonds is 6. The number of likely N-dealkylation sites (tertiary alicyclic amines) is 1. The summed E-state index contributed by atoms with van der Waals surface area (Å²) in [6, 6.07) is 5.98. The van der Waals surface area contributed by atoms with Crippen molar-refractivity contribution in [2.75, 3.05) is 26.7 Å². The third-order valence-corrected chi connectivity index (χ3v) is 5.24. The van der Waals surface area contributed by atoms with Crippen molar-refractivity contribution in [2.45, 2.75) is 45.1 Å². The number of hydrogen-bond donors (Lipinski definition) is 2. The third-order valence-electron chi connectivity index (χ3n) is 5.24. The first-order valence-corrected chi connectivity index (χ1v) is 9.35. The number of nitrogens with one attached hydrogen (secondary N) is 2. The van der Waals surface area contributed by atoms with Crippen molar-refractivity contribution in [3.05, 3.63) is 30.0 Å². The molecule has 0 aliphatic carbocycles. The molecule has 2 aromatic rings. The van der Waals surface area contributed by atoms with E-state index in [1.807, 2.05) is 31.3 Å². The van der Waals surface area contributed by atoms with Gasteiger partial charge in [-0.2, -0.15) is 0 Å². The van der Waals surface area contributed by atoms with Crippen molar-refractivity contribution < 1.29 is 9.53 Å². The second kappa shape index (κ2) is 8.39. The lowest BCUT2D eigenvalue weighted by atomic mass is 10.1. The molecule has 1 aliphatic heterocycles. The van der Waals surface area contributed by atoms with Gasteiger partial charge >= 0.3 is 0 Å². The topological polar surface area (TPSA) is 57.4 Å². The maximum Gasteiger partial charge on any atom is 0.237 e. The fourth-order valence-electron chi connectivity index (χ4n) is 3.61. The van der Waals surface area contributed by atoms with Gasteiger partial charge < -0.3 is 15.0 Å². The van der Waals surface area contributed by atoms with E-state index in [0.29, 0.717) is 6.54 Å². The smallest absolute Gasteiger partial charge is 0.237 e. The Labute approximate surface area is 149 Å². The Kier molecular flexibility index (Phi) is 5.97. The predicted molar refractivity (Wildman–Crippen MR) is 101 cm³/mol. The molecule has 1 fully saturated rings. The molecule has 2 heterocycles. The summed E-state index contributed by atoms with van der Waals surface area (Å²) in [6.07, 6.45) is 7.81. The first kappa shape index (κ1) is 17.8. The molecule has 2 N–H and O–H groups in total. The number of nitrogens with zero attached hydrogens (tertiary/aromatic N) is 1. The minimum absolute atomic E-state index is 0.0406. The van der Waals surface area contributed by atoms with Gasteiger partial charge in [0, 0.05) is 23.6 Å². The van der Waals surface area contributed by atoms with E-state index in [0.717, 1.165) is 36.2 Å². The quantitative estimate of drug-likeness (QED) is 0.847. The molecule has 1 aromatic carbocycles. The van der Waals surface area contributed by atoms with Gasteiger partial charge in [-0.05, 0) is 63.0 Å². The van der Waals surface area contributed by atoms with Crippen molar-refractivity contribution in [1.29, 1.82) is 0 Å². The minimum Gasteiger partial charge on any atom is -0.497 e. The van der Waals surface area contributed by atoms with Gasteiger partial charge in [-0.15, -0.1) is 0 Å². The summed E-state index contributed by atoms with van der Waals surface area (Å²) < 4.78 is 5.31. The molecule has 5 nitrogen and oxygen atoms in total. The molecule has 1 amide bonds. The summed E-state index contributed by atoms with van der Waals surface area (Å²) in [7, 11) is 1.68. The van der Waals surface area contributed by atoms with Gasteiger partial charge in [0.25, 0.3) is 0 Å². The molecular formula is C20H29N3O2. The summed E-state index contributed by atoms with van der Waals surface area (Å²) in [6.45, 7) is 4.76. The molecule has 1 aliphatic rings. The molecule has 0 saturated carbocycles. The lowest BCUT2D eigenvalue weighted by molar-refractivity contribution is -0.125. The van der Waals surface area contributed by atoms with Crippen LogP contribution in [0.4, 0.5) is 0 Å².